The Morgan fingerprint density at radius 3 is 3.00 bits per heavy atom. The molecule has 1 fully saturated rings. The van der Waals surface area contributed by atoms with Crippen molar-refractivity contribution >= 4 is 11.5 Å². The molecule has 4 N–H and O–H groups in total. The first-order valence-corrected chi connectivity index (χ1v) is 6.37. The highest BCUT2D eigenvalue weighted by atomic mass is 16.3. The van der Waals surface area contributed by atoms with Crippen molar-refractivity contribution in [3.05, 3.63) is 24.0 Å². The zero-order valence-corrected chi connectivity index (χ0v) is 11.4. The minimum Gasteiger partial charge on any atom is -0.391 e. The zero-order valence-electron chi connectivity index (χ0n) is 11.4. The number of amidine groups is 1. The van der Waals surface area contributed by atoms with E-state index < -0.39 is 0 Å². The highest BCUT2D eigenvalue weighted by molar-refractivity contribution is 5.93. The van der Waals surface area contributed by atoms with Crippen molar-refractivity contribution in [3.8, 4) is 0 Å². The predicted octanol–water partition coefficient (Wildman–Crippen LogP) is -0.133. The van der Waals surface area contributed by atoms with Crippen molar-refractivity contribution in [1.82, 2.24) is 9.88 Å². The SMILES string of the molecule is CN(C)CC1CC(O)CN1c1ccnc(C(=N)N)c1. The Kier molecular flexibility index (Phi) is 4.01. The van der Waals surface area contributed by atoms with Gasteiger partial charge in [-0.3, -0.25) is 10.4 Å². The fourth-order valence-electron chi connectivity index (χ4n) is 2.55. The molecule has 0 aromatic carbocycles. The summed E-state index contributed by atoms with van der Waals surface area (Å²) in [5.74, 6) is -0.0363. The number of pyridine rings is 1. The topological polar surface area (TPSA) is 89.5 Å². The van der Waals surface area contributed by atoms with Crippen LogP contribution in [-0.2, 0) is 0 Å². The lowest BCUT2D eigenvalue weighted by Gasteiger charge is -2.28. The molecule has 0 amide bonds. The third-order valence-electron chi connectivity index (χ3n) is 3.32. The van der Waals surface area contributed by atoms with Crippen LogP contribution in [0.2, 0.25) is 0 Å². The summed E-state index contributed by atoms with van der Waals surface area (Å²) in [7, 11) is 4.05. The van der Waals surface area contributed by atoms with Crippen LogP contribution in [0.15, 0.2) is 18.3 Å². The molecular formula is C13H21N5O. The lowest BCUT2D eigenvalue weighted by molar-refractivity contribution is 0.191. The minimum absolute atomic E-state index is 0.0363. The van der Waals surface area contributed by atoms with Gasteiger partial charge >= 0.3 is 0 Å². The summed E-state index contributed by atoms with van der Waals surface area (Å²) in [6.07, 6.45) is 2.11. The van der Waals surface area contributed by atoms with Gasteiger partial charge < -0.3 is 20.6 Å². The Bertz CT molecular complexity index is 462. The van der Waals surface area contributed by atoms with Gasteiger partial charge in [-0.05, 0) is 32.6 Å². The standard InChI is InChI=1S/C13H21N5O/c1-17(2)7-10-5-11(19)8-18(10)9-3-4-16-12(6-9)13(14)15/h3-4,6,10-11,19H,5,7-8H2,1-2H3,(H3,14,15). The first-order valence-electron chi connectivity index (χ1n) is 6.37. The third-order valence-corrected chi connectivity index (χ3v) is 3.32. The number of aliphatic hydroxyl groups excluding tert-OH is 1. The number of rotatable bonds is 4. The fraction of sp³-hybridized carbons (Fsp3) is 0.538. The molecule has 1 aliphatic rings. The molecule has 1 aromatic heterocycles. The number of aliphatic hydroxyl groups is 1. The number of aromatic nitrogens is 1. The predicted molar refractivity (Wildman–Crippen MR) is 75.6 cm³/mol. The van der Waals surface area contributed by atoms with Crippen LogP contribution in [0, 0.1) is 5.41 Å². The molecule has 0 spiro atoms. The molecule has 1 saturated heterocycles. The van der Waals surface area contributed by atoms with Gasteiger partial charge in [-0.1, -0.05) is 0 Å². The van der Waals surface area contributed by atoms with E-state index in [0.717, 1.165) is 18.7 Å². The number of nitrogens with zero attached hydrogens (tertiary/aromatic N) is 3. The molecule has 2 unspecified atom stereocenters. The Labute approximate surface area is 113 Å². The normalized spacial score (nSPS) is 23.1. The summed E-state index contributed by atoms with van der Waals surface area (Å²) in [6.45, 7) is 1.49. The number of hydrogen-bond acceptors (Lipinski definition) is 5. The second-order valence-corrected chi connectivity index (χ2v) is 5.27. The van der Waals surface area contributed by atoms with Crippen LogP contribution in [0.1, 0.15) is 12.1 Å². The second kappa shape index (κ2) is 5.54. The fourth-order valence-corrected chi connectivity index (χ4v) is 2.55. The summed E-state index contributed by atoms with van der Waals surface area (Å²) in [5.41, 5.74) is 6.90. The first-order chi connectivity index (χ1) is 8.97. The van der Waals surface area contributed by atoms with Crippen LogP contribution in [0.5, 0.6) is 0 Å². The Morgan fingerprint density at radius 2 is 2.37 bits per heavy atom. The molecular weight excluding hydrogens is 242 g/mol. The molecule has 19 heavy (non-hydrogen) atoms. The number of hydrogen-bond donors (Lipinski definition) is 3. The summed E-state index contributed by atoms with van der Waals surface area (Å²) < 4.78 is 0. The number of nitrogens with two attached hydrogens (primary N) is 1. The van der Waals surface area contributed by atoms with Gasteiger partial charge in [-0.15, -0.1) is 0 Å². The number of β-amino-alcohol motifs (C(OH)–C–C–N with tert-alkyl or cyclic N) is 1. The van der Waals surface area contributed by atoms with Crippen molar-refractivity contribution in [1.29, 1.82) is 5.41 Å². The van der Waals surface area contributed by atoms with Crippen LogP contribution < -0.4 is 10.6 Å². The molecule has 6 nitrogen and oxygen atoms in total. The van der Waals surface area contributed by atoms with Crippen molar-refractivity contribution in [2.75, 3.05) is 32.1 Å². The average Bonchev–Trinajstić information content (AvgIpc) is 2.69. The van der Waals surface area contributed by atoms with Crippen molar-refractivity contribution in [2.24, 2.45) is 5.73 Å². The molecule has 2 atom stereocenters. The van der Waals surface area contributed by atoms with E-state index in [1.54, 1.807) is 6.20 Å². The monoisotopic (exact) mass is 263 g/mol. The highest BCUT2D eigenvalue weighted by Gasteiger charge is 2.31. The third kappa shape index (κ3) is 3.21. The summed E-state index contributed by atoms with van der Waals surface area (Å²) in [6, 6.07) is 3.98. The lowest BCUT2D eigenvalue weighted by atomic mass is 10.2. The van der Waals surface area contributed by atoms with Crippen LogP contribution in [-0.4, -0.2) is 60.2 Å². The van der Waals surface area contributed by atoms with E-state index in [2.05, 4.69) is 14.8 Å². The maximum Gasteiger partial charge on any atom is 0.141 e. The second-order valence-electron chi connectivity index (χ2n) is 5.27. The number of anilines is 1. The van der Waals surface area contributed by atoms with E-state index in [1.165, 1.54) is 0 Å². The van der Waals surface area contributed by atoms with Crippen molar-refractivity contribution in [3.63, 3.8) is 0 Å². The van der Waals surface area contributed by atoms with E-state index in [-0.39, 0.29) is 18.0 Å². The van der Waals surface area contributed by atoms with Crippen LogP contribution >= 0.6 is 0 Å². The van der Waals surface area contributed by atoms with Crippen molar-refractivity contribution in [2.45, 2.75) is 18.6 Å². The van der Waals surface area contributed by atoms with Gasteiger partial charge in [0.1, 0.15) is 11.5 Å². The molecule has 0 bridgehead atoms. The smallest absolute Gasteiger partial charge is 0.141 e. The van der Waals surface area contributed by atoms with E-state index in [0.29, 0.717) is 12.2 Å². The van der Waals surface area contributed by atoms with E-state index in [4.69, 9.17) is 11.1 Å². The van der Waals surface area contributed by atoms with Gasteiger partial charge in [0, 0.05) is 31.0 Å². The molecule has 1 aromatic rings. The summed E-state index contributed by atoms with van der Waals surface area (Å²) >= 11 is 0. The van der Waals surface area contributed by atoms with E-state index >= 15 is 0 Å². The largest absolute Gasteiger partial charge is 0.391 e. The van der Waals surface area contributed by atoms with Crippen molar-refractivity contribution < 1.29 is 5.11 Å². The van der Waals surface area contributed by atoms with Gasteiger partial charge in [0.25, 0.3) is 0 Å². The van der Waals surface area contributed by atoms with Gasteiger partial charge in [-0.25, -0.2) is 0 Å². The molecule has 6 heteroatoms. The molecule has 0 saturated carbocycles. The maximum atomic E-state index is 9.88. The number of nitrogen functional groups attached to an aromatic ring is 1. The Balaban J connectivity index is 2.23. The highest BCUT2D eigenvalue weighted by Crippen LogP contribution is 2.26. The summed E-state index contributed by atoms with van der Waals surface area (Å²) in [5, 5.41) is 17.3. The van der Waals surface area contributed by atoms with Crippen LogP contribution in [0.4, 0.5) is 5.69 Å². The quantitative estimate of drug-likeness (QED) is 0.520. The molecule has 2 heterocycles. The van der Waals surface area contributed by atoms with Crippen LogP contribution in [0.25, 0.3) is 0 Å². The molecule has 104 valence electrons. The van der Waals surface area contributed by atoms with Crippen LogP contribution in [0.3, 0.4) is 0 Å². The van der Waals surface area contributed by atoms with Gasteiger partial charge in [-0.2, -0.15) is 0 Å². The van der Waals surface area contributed by atoms with E-state index in [1.807, 2.05) is 26.2 Å². The molecule has 2 rings (SSSR count). The van der Waals surface area contributed by atoms with Gasteiger partial charge in [0.2, 0.25) is 0 Å². The van der Waals surface area contributed by atoms with Gasteiger partial charge in [0.05, 0.1) is 6.10 Å². The lowest BCUT2D eigenvalue weighted by Crippen LogP contribution is -2.37. The Morgan fingerprint density at radius 1 is 1.63 bits per heavy atom. The summed E-state index contributed by atoms with van der Waals surface area (Å²) in [4.78, 5) is 8.35. The molecule has 1 aliphatic heterocycles. The Hall–Kier alpha value is -1.66. The van der Waals surface area contributed by atoms with E-state index in [9.17, 15) is 5.11 Å². The molecule has 0 radical (unpaired) electrons. The number of likely N-dealkylation sites (N-methyl/N-ethyl adjacent to an activating group) is 1. The molecule has 0 aliphatic carbocycles. The first kappa shape index (κ1) is 13.8. The zero-order chi connectivity index (χ0) is 14.0. The maximum absolute atomic E-state index is 9.88. The number of nitrogens with one attached hydrogen (secondary N) is 1. The minimum atomic E-state index is -0.307. The van der Waals surface area contributed by atoms with Gasteiger partial charge in [0.15, 0.2) is 0 Å². The average molecular weight is 263 g/mol.